The van der Waals surface area contributed by atoms with E-state index in [0.29, 0.717) is 6.54 Å². The lowest BCUT2D eigenvalue weighted by molar-refractivity contribution is 0.0713. The van der Waals surface area contributed by atoms with Gasteiger partial charge in [-0.1, -0.05) is 36.4 Å². The number of rotatable bonds is 3. The van der Waals surface area contributed by atoms with Crippen LogP contribution in [0.1, 0.15) is 27.5 Å². The molecule has 2 heterocycles. The quantitative estimate of drug-likeness (QED) is 0.808. The maximum absolute atomic E-state index is 12.7. The predicted octanol–water partition coefficient (Wildman–Crippen LogP) is 2.72. The number of aryl methyl sites for hydroxylation is 1. The number of fused-ring (bicyclic) bond motifs is 2. The summed E-state index contributed by atoms with van der Waals surface area (Å²) in [6, 6.07) is 15.8. The van der Waals surface area contributed by atoms with E-state index in [1.807, 2.05) is 43.4 Å². The van der Waals surface area contributed by atoms with Crippen molar-refractivity contribution in [2.45, 2.75) is 6.04 Å². The predicted molar refractivity (Wildman–Crippen MR) is 89.3 cm³/mol. The van der Waals surface area contributed by atoms with Crippen molar-refractivity contribution in [3.8, 4) is 0 Å². The van der Waals surface area contributed by atoms with E-state index in [-0.39, 0.29) is 18.6 Å². The minimum absolute atomic E-state index is 0.00687. The Labute approximate surface area is 134 Å². The van der Waals surface area contributed by atoms with Crippen molar-refractivity contribution < 1.29 is 9.90 Å². The Balaban J connectivity index is 1.96. The molecule has 1 atom stereocenters. The van der Waals surface area contributed by atoms with Crippen LogP contribution in [0.15, 0.2) is 54.7 Å². The van der Waals surface area contributed by atoms with Crippen LogP contribution < -0.4 is 0 Å². The Kier molecular flexibility index (Phi) is 3.20. The number of β-amino-alcohol motifs (C(OH)–C–C–N with tert-alkyl or cyclic N) is 1. The minimum atomic E-state index is -0.142. The fraction of sp³-hybridized carbons (Fsp3) is 0.211. The zero-order valence-electron chi connectivity index (χ0n) is 12.9. The number of aliphatic hydroxyl groups excluding tert-OH is 1. The average Bonchev–Trinajstić information content (AvgIpc) is 3.05. The molecule has 1 amide bonds. The lowest BCUT2D eigenvalue weighted by Gasteiger charge is -2.24. The molecule has 0 aliphatic carbocycles. The second-order valence-electron chi connectivity index (χ2n) is 5.92. The summed E-state index contributed by atoms with van der Waals surface area (Å²) in [7, 11) is 2.02. The molecule has 4 nitrogen and oxygen atoms in total. The Morgan fingerprint density at radius 3 is 2.61 bits per heavy atom. The second-order valence-corrected chi connectivity index (χ2v) is 5.92. The van der Waals surface area contributed by atoms with Crippen LogP contribution in [0.2, 0.25) is 0 Å². The first-order chi connectivity index (χ1) is 11.2. The van der Waals surface area contributed by atoms with Crippen LogP contribution in [0.25, 0.3) is 10.9 Å². The Morgan fingerprint density at radius 2 is 1.78 bits per heavy atom. The van der Waals surface area contributed by atoms with E-state index >= 15 is 0 Å². The number of carbonyl (C=O) groups excluding carboxylic acids is 1. The topological polar surface area (TPSA) is 45.5 Å². The van der Waals surface area contributed by atoms with E-state index in [0.717, 1.165) is 27.6 Å². The molecular formula is C19H18N2O2. The molecule has 0 unspecified atom stereocenters. The van der Waals surface area contributed by atoms with E-state index < -0.39 is 0 Å². The monoisotopic (exact) mass is 306 g/mol. The summed E-state index contributed by atoms with van der Waals surface area (Å²) in [6.45, 7) is 0.294. The van der Waals surface area contributed by atoms with E-state index in [9.17, 15) is 9.90 Å². The van der Waals surface area contributed by atoms with Crippen molar-refractivity contribution in [3.05, 3.63) is 71.4 Å². The Morgan fingerprint density at radius 1 is 1.04 bits per heavy atom. The fourth-order valence-electron chi connectivity index (χ4n) is 3.63. The molecule has 1 N–H and O–H groups in total. The minimum Gasteiger partial charge on any atom is -0.395 e. The average molecular weight is 306 g/mol. The van der Waals surface area contributed by atoms with Gasteiger partial charge in [-0.3, -0.25) is 4.79 Å². The molecule has 0 saturated carbocycles. The molecule has 0 spiro atoms. The number of para-hydroxylation sites is 1. The van der Waals surface area contributed by atoms with Gasteiger partial charge in [0.25, 0.3) is 5.91 Å². The largest absolute Gasteiger partial charge is 0.395 e. The van der Waals surface area contributed by atoms with Gasteiger partial charge in [0.15, 0.2) is 0 Å². The lowest BCUT2D eigenvalue weighted by atomic mass is 9.97. The van der Waals surface area contributed by atoms with Crippen LogP contribution in [0.4, 0.5) is 0 Å². The smallest absolute Gasteiger partial charge is 0.255 e. The number of amides is 1. The number of carbonyl (C=O) groups is 1. The number of hydrogen-bond donors (Lipinski definition) is 1. The highest BCUT2D eigenvalue weighted by molar-refractivity contribution is 6.00. The first kappa shape index (κ1) is 14.0. The number of benzene rings is 2. The summed E-state index contributed by atoms with van der Waals surface area (Å²) >= 11 is 0. The van der Waals surface area contributed by atoms with Crippen LogP contribution >= 0.6 is 0 Å². The van der Waals surface area contributed by atoms with Gasteiger partial charge in [-0.25, -0.2) is 0 Å². The molecule has 116 valence electrons. The molecule has 0 fully saturated rings. The highest BCUT2D eigenvalue weighted by Gasteiger charge is 2.38. The molecule has 1 aromatic heterocycles. The third-order valence-electron chi connectivity index (χ3n) is 4.62. The van der Waals surface area contributed by atoms with E-state index in [1.54, 1.807) is 4.90 Å². The molecule has 4 rings (SSSR count). The molecule has 0 radical (unpaired) electrons. The summed E-state index contributed by atoms with van der Waals surface area (Å²) in [5.41, 5.74) is 4.00. The van der Waals surface area contributed by atoms with Crippen molar-refractivity contribution in [2.75, 3.05) is 13.2 Å². The van der Waals surface area contributed by atoms with Crippen molar-refractivity contribution in [3.63, 3.8) is 0 Å². The normalized spacial score (nSPS) is 17.0. The first-order valence-corrected chi connectivity index (χ1v) is 7.77. The van der Waals surface area contributed by atoms with Crippen LogP contribution in [0.5, 0.6) is 0 Å². The van der Waals surface area contributed by atoms with Gasteiger partial charge in [0, 0.05) is 41.8 Å². The highest BCUT2D eigenvalue weighted by Crippen LogP contribution is 2.41. The van der Waals surface area contributed by atoms with Gasteiger partial charge in [0.1, 0.15) is 0 Å². The zero-order valence-corrected chi connectivity index (χ0v) is 12.9. The molecule has 4 heteroatoms. The Hall–Kier alpha value is -2.59. The zero-order chi connectivity index (χ0) is 16.0. The highest BCUT2D eigenvalue weighted by atomic mass is 16.3. The third-order valence-corrected chi connectivity index (χ3v) is 4.62. The molecule has 1 aliphatic rings. The van der Waals surface area contributed by atoms with Crippen LogP contribution in [0, 0.1) is 0 Å². The SMILES string of the molecule is Cn1cc([C@@H]2c3ccccc3C(=O)N2CCO)c2ccccc21. The van der Waals surface area contributed by atoms with Gasteiger partial charge in [0.05, 0.1) is 12.6 Å². The third kappa shape index (κ3) is 1.99. The first-order valence-electron chi connectivity index (χ1n) is 7.77. The maximum Gasteiger partial charge on any atom is 0.255 e. The molecule has 23 heavy (non-hydrogen) atoms. The van der Waals surface area contributed by atoms with Crippen molar-refractivity contribution in [1.82, 2.24) is 9.47 Å². The Bertz CT molecular complexity index is 897. The summed E-state index contributed by atoms with van der Waals surface area (Å²) in [4.78, 5) is 14.5. The molecule has 2 aromatic carbocycles. The summed E-state index contributed by atoms with van der Waals surface area (Å²) in [5.74, 6) is -0.00687. The molecule has 1 aliphatic heterocycles. The molecular weight excluding hydrogens is 288 g/mol. The number of hydrogen-bond acceptors (Lipinski definition) is 2. The van der Waals surface area contributed by atoms with Crippen LogP contribution in [-0.2, 0) is 7.05 Å². The van der Waals surface area contributed by atoms with Gasteiger partial charge in [-0.2, -0.15) is 0 Å². The summed E-state index contributed by atoms with van der Waals surface area (Å²) in [5, 5.41) is 10.6. The maximum atomic E-state index is 12.7. The van der Waals surface area contributed by atoms with Gasteiger partial charge < -0.3 is 14.6 Å². The van der Waals surface area contributed by atoms with Crippen molar-refractivity contribution in [1.29, 1.82) is 0 Å². The number of aromatic nitrogens is 1. The standard InChI is InChI=1S/C19H18N2O2/c1-20-12-16(13-6-4-5-9-17(13)20)18-14-7-2-3-8-15(14)19(23)21(18)10-11-22/h2-9,12,18,22H,10-11H2,1H3/t18-/m0/s1. The summed E-state index contributed by atoms with van der Waals surface area (Å²) in [6.07, 6.45) is 2.09. The molecule has 3 aromatic rings. The van der Waals surface area contributed by atoms with E-state index in [2.05, 4.69) is 22.9 Å². The van der Waals surface area contributed by atoms with Gasteiger partial charge in [0.2, 0.25) is 0 Å². The van der Waals surface area contributed by atoms with Gasteiger partial charge in [-0.15, -0.1) is 0 Å². The fourth-order valence-corrected chi connectivity index (χ4v) is 3.63. The van der Waals surface area contributed by atoms with Crippen LogP contribution in [0.3, 0.4) is 0 Å². The van der Waals surface area contributed by atoms with Crippen molar-refractivity contribution in [2.24, 2.45) is 7.05 Å². The van der Waals surface area contributed by atoms with Crippen LogP contribution in [-0.4, -0.2) is 33.6 Å². The van der Waals surface area contributed by atoms with Crippen molar-refractivity contribution >= 4 is 16.8 Å². The molecule has 0 bridgehead atoms. The number of aliphatic hydroxyl groups is 1. The number of nitrogens with zero attached hydrogens (tertiary/aromatic N) is 2. The lowest BCUT2D eigenvalue weighted by Crippen LogP contribution is -2.31. The van der Waals surface area contributed by atoms with E-state index in [4.69, 9.17) is 0 Å². The second kappa shape index (κ2) is 5.25. The molecule has 0 saturated heterocycles. The van der Waals surface area contributed by atoms with Gasteiger partial charge in [-0.05, 0) is 17.7 Å². The van der Waals surface area contributed by atoms with E-state index in [1.165, 1.54) is 0 Å². The van der Waals surface area contributed by atoms with Gasteiger partial charge >= 0.3 is 0 Å². The summed E-state index contributed by atoms with van der Waals surface area (Å²) < 4.78 is 2.09.